The molecule has 22 heavy (non-hydrogen) atoms. The van der Waals surface area contributed by atoms with Gasteiger partial charge in [0.05, 0.1) is 6.54 Å². The molecule has 4 nitrogen and oxygen atoms in total. The summed E-state index contributed by atoms with van der Waals surface area (Å²) in [4.78, 5) is 4.27. The Morgan fingerprint density at radius 1 is 1.41 bits per heavy atom. The van der Waals surface area contributed by atoms with Crippen molar-refractivity contribution in [3.05, 3.63) is 29.8 Å². The van der Waals surface area contributed by atoms with Crippen LogP contribution in [0, 0.1) is 6.92 Å². The lowest BCUT2D eigenvalue weighted by Gasteiger charge is -2.24. The monoisotopic (exact) mass is 321 g/mol. The van der Waals surface area contributed by atoms with Gasteiger partial charge in [-0.2, -0.15) is 11.8 Å². The molecule has 1 aliphatic heterocycles. The molecule has 0 bridgehead atoms. The van der Waals surface area contributed by atoms with Crippen LogP contribution >= 0.6 is 11.8 Å². The quantitative estimate of drug-likeness (QED) is 0.480. The van der Waals surface area contributed by atoms with E-state index in [0.29, 0.717) is 11.4 Å². The number of rotatable bonds is 6. The van der Waals surface area contributed by atoms with Gasteiger partial charge in [-0.1, -0.05) is 12.1 Å². The summed E-state index contributed by atoms with van der Waals surface area (Å²) in [7, 11) is 1.81. The molecule has 2 N–H and O–H groups in total. The fraction of sp³-hybridized carbons (Fsp3) is 0.588. The van der Waals surface area contributed by atoms with Gasteiger partial charge in [0.15, 0.2) is 5.96 Å². The molecule has 1 saturated heterocycles. The van der Waals surface area contributed by atoms with Crippen molar-refractivity contribution in [2.75, 3.05) is 32.5 Å². The van der Waals surface area contributed by atoms with Gasteiger partial charge in [0.2, 0.25) is 0 Å². The molecule has 5 heteroatoms. The van der Waals surface area contributed by atoms with E-state index in [-0.39, 0.29) is 0 Å². The molecule has 0 spiro atoms. The van der Waals surface area contributed by atoms with Gasteiger partial charge in [-0.15, -0.1) is 0 Å². The second kappa shape index (κ2) is 8.32. The lowest BCUT2D eigenvalue weighted by molar-refractivity contribution is 0.321. The Morgan fingerprint density at radius 3 is 2.95 bits per heavy atom. The molecule has 0 radical (unpaired) electrons. The second-order valence-electron chi connectivity index (χ2n) is 5.92. The van der Waals surface area contributed by atoms with Gasteiger partial charge in [0.25, 0.3) is 0 Å². The van der Waals surface area contributed by atoms with Crippen molar-refractivity contribution in [1.82, 2.24) is 10.6 Å². The number of aliphatic imine (C=N–C) groups is 1. The highest BCUT2D eigenvalue weighted by atomic mass is 32.2. The van der Waals surface area contributed by atoms with Gasteiger partial charge >= 0.3 is 0 Å². The van der Waals surface area contributed by atoms with Crippen molar-refractivity contribution < 1.29 is 4.74 Å². The van der Waals surface area contributed by atoms with E-state index in [1.807, 2.05) is 18.2 Å². The molecule has 122 valence electrons. The minimum absolute atomic E-state index is 0.343. The number of thioether (sulfide) groups is 1. The van der Waals surface area contributed by atoms with Crippen LogP contribution in [0.5, 0.6) is 5.75 Å². The largest absolute Gasteiger partial charge is 0.492 e. The summed E-state index contributed by atoms with van der Waals surface area (Å²) in [5.41, 5.74) is 1.21. The molecule has 0 amide bonds. The van der Waals surface area contributed by atoms with Crippen LogP contribution in [0.3, 0.4) is 0 Å². The number of ether oxygens (including phenoxy) is 1. The highest BCUT2D eigenvalue weighted by molar-refractivity contribution is 8.00. The molecular formula is C17H27N3OS. The van der Waals surface area contributed by atoms with E-state index < -0.39 is 0 Å². The molecule has 1 aromatic rings. The number of hydrogen-bond donors (Lipinski definition) is 2. The van der Waals surface area contributed by atoms with E-state index in [9.17, 15) is 0 Å². The molecule has 1 aromatic carbocycles. The minimum atomic E-state index is 0.343. The average Bonchev–Trinajstić information content (AvgIpc) is 2.94. The first kappa shape index (κ1) is 17.0. The van der Waals surface area contributed by atoms with Crippen LogP contribution in [0.4, 0.5) is 0 Å². The van der Waals surface area contributed by atoms with E-state index in [4.69, 9.17) is 4.74 Å². The first-order valence-electron chi connectivity index (χ1n) is 7.89. The lowest BCUT2D eigenvalue weighted by atomic mass is 10.1. The fourth-order valence-corrected chi connectivity index (χ4v) is 3.76. The summed E-state index contributed by atoms with van der Waals surface area (Å²) in [6, 6.07) is 8.11. The Morgan fingerprint density at radius 2 is 2.27 bits per heavy atom. The zero-order valence-corrected chi connectivity index (χ0v) is 14.6. The van der Waals surface area contributed by atoms with Crippen LogP contribution < -0.4 is 15.4 Å². The van der Waals surface area contributed by atoms with E-state index in [1.54, 1.807) is 7.05 Å². The number of nitrogens with one attached hydrogen (secondary N) is 2. The Balaban J connectivity index is 1.66. The van der Waals surface area contributed by atoms with Crippen LogP contribution in [0.15, 0.2) is 29.3 Å². The number of guanidine groups is 1. The highest BCUT2D eigenvalue weighted by Gasteiger charge is 2.29. The number of nitrogens with zero attached hydrogens (tertiary/aromatic N) is 1. The van der Waals surface area contributed by atoms with E-state index in [2.05, 4.69) is 47.3 Å². The van der Waals surface area contributed by atoms with Gasteiger partial charge in [-0.3, -0.25) is 4.99 Å². The molecule has 1 fully saturated rings. The summed E-state index contributed by atoms with van der Waals surface area (Å²) in [5, 5.41) is 6.72. The summed E-state index contributed by atoms with van der Waals surface area (Å²) in [6.45, 7) is 6.70. The van der Waals surface area contributed by atoms with Crippen LogP contribution in [0.25, 0.3) is 0 Å². The molecule has 1 atom stereocenters. The summed E-state index contributed by atoms with van der Waals surface area (Å²) < 4.78 is 6.07. The first-order valence-corrected chi connectivity index (χ1v) is 8.88. The summed E-state index contributed by atoms with van der Waals surface area (Å²) in [6.07, 6.45) is 2.59. The van der Waals surface area contributed by atoms with Crippen molar-refractivity contribution in [3.8, 4) is 5.75 Å². The van der Waals surface area contributed by atoms with E-state index in [1.165, 1.54) is 24.2 Å². The number of aryl methyl sites for hydroxylation is 1. The van der Waals surface area contributed by atoms with E-state index >= 15 is 0 Å². The molecular weight excluding hydrogens is 294 g/mol. The summed E-state index contributed by atoms with van der Waals surface area (Å²) >= 11 is 2.05. The van der Waals surface area contributed by atoms with Crippen molar-refractivity contribution in [3.63, 3.8) is 0 Å². The van der Waals surface area contributed by atoms with Crippen molar-refractivity contribution in [2.24, 2.45) is 4.99 Å². The maximum absolute atomic E-state index is 5.73. The van der Waals surface area contributed by atoms with Crippen LogP contribution in [-0.4, -0.2) is 43.2 Å². The predicted molar refractivity (Wildman–Crippen MR) is 96.1 cm³/mol. The van der Waals surface area contributed by atoms with Crippen molar-refractivity contribution in [1.29, 1.82) is 0 Å². The Labute approximate surface area is 138 Å². The van der Waals surface area contributed by atoms with Gasteiger partial charge in [0.1, 0.15) is 12.4 Å². The maximum atomic E-state index is 5.73. The molecule has 0 aliphatic carbocycles. The zero-order valence-electron chi connectivity index (χ0n) is 13.8. The second-order valence-corrected chi connectivity index (χ2v) is 7.60. The minimum Gasteiger partial charge on any atom is -0.492 e. The van der Waals surface area contributed by atoms with Gasteiger partial charge < -0.3 is 15.4 Å². The normalized spacial score (nSPS) is 21.7. The molecule has 1 heterocycles. The third kappa shape index (κ3) is 5.44. The third-order valence-corrected chi connectivity index (χ3v) is 5.34. The summed E-state index contributed by atoms with van der Waals surface area (Å²) in [5.74, 6) is 3.04. The molecule has 0 saturated carbocycles. The molecule has 2 rings (SSSR count). The van der Waals surface area contributed by atoms with Gasteiger partial charge in [-0.05, 0) is 50.1 Å². The molecule has 1 aliphatic rings. The Hall–Kier alpha value is -1.36. The predicted octanol–water partition coefficient (Wildman–Crippen LogP) is 2.82. The van der Waals surface area contributed by atoms with Crippen molar-refractivity contribution in [2.45, 2.75) is 31.4 Å². The number of benzene rings is 1. The molecule has 1 unspecified atom stereocenters. The van der Waals surface area contributed by atoms with Gasteiger partial charge in [-0.25, -0.2) is 0 Å². The maximum Gasteiger partial charge on any atom is 0.191 e. The Kier molecular flexibility index (Phi) is 6.43. The standard InChI is InChI=1S/C17H27N3OS/c1-14-6-4-7-15(12-14)21-10-9-19-16(18-3)20-13-17(2)8-5-11-22-17/h4,6-7,12H,5,8-11,13H2,1-3H3,(H2,18,19,20). The average molecular weight is 321 g/mol. The first-order chi connectivity index (χ1) is 10.6. The topological polar surface area (TPSA) is 45.7 Å². The SMILES string of the molecule is CN=C(NCCOc1cccc(C)c1)NCC1(C)CCCS1. The van der Waals surface area contributed by atoms with Crippen LogP contribution in [-0.2, 0) is 0 Å². The smallest absolute Gasteiger partial charge is 0.191 e. The fourth-order valence-electron chi connectivity index (χ4n) is 2.51. The number of hydrogen-bond acceptors (Lipinski definition) is 3. The van der Waals surface area contributed by atoms with E-state index in [0.717, 1.165) is 24.8 Å². The van der Waals surface area contributed by atoms with Crippen molar-refractivity contribution >= 4 is 17.7 Å². The lowest BCUT2D eigenvalue weighted by Crippen LogP contribution is -2.44. The molecule has 0 aromatic heterocycles. The third-order valence-electron chi connectivity index (χ3n) is 3.81. The van der Waals surface area contributed by atoms with Crippen LogP contribution in [0.2, 0.25) is 0 Å². The van der Waals surface area contributed by atoms with Crippen LogP contribution in [0.1, 0.15) is 25.3 Å². The Bertz CT molecular complexity index is 498. The zero-order chi connectivity index (χ0) is 15.8. The highest BCUT2D eigenvalue weighted by Crippen LogP contribution is 2.36. The van der Waals surface area contributed by atoms with Gasteiger partial charge in [0, 0.05) is 18.3 Å².